The molecule has 1 amide bonds. The van der Waals surface area contributed by atoms with Crippen LogP contribution >= 0.6 is 0 Å². The van der Waals surface area contributed by atoms with Gasteiger partial charge in [0.05, 0.1) is 5.56 Å². The van der Waals surface area contributed by atoms with E-state index in [0.717, 1.165) is 24.5 Å². The Morgan fingerprint density at radius 1 is 1.15 bits per heavy atom. The van der Waals surface area contributed by atoms with E-state index in [4.69, 9.17) is 5.11 Å². The van der Waals surface area contributed by atoms with Crippen molar-refractivity contribution in [3.63, 3.8) is 0 Å². The first-order chi connectivity index (χ1) is 9.47. The Hall–Kier alpha value is -3.09. The summed E-state index contributed by atoms with van der Waals surface area (Å²) >= 11 is 0. The number of anilines is 1. The first kappa shape index (κ1) is 13.3. The van der Waals surface area contributed by atoms with Crippen molar-refractivity contribution >= 4 is 17.6 Å². The average molecular weight is 275 g/mol. The third-order valence-electron chi connectivity index (χ3n) is 2.45. The van der Waals surface area contributed by atoms with Gasteiger partial charge in [-0.3, -0.25) is 4.79 Å². The minimum Gasteiger partial charge on any atom is -0.507 e. The number of carboxylic acid groups (broad SMARTS) is 1. The van der Waals surface area contributed by atoms with Crippen molar-refractivity contribution in [1.82, 2.24) is 0 Å². The van der Waals surface area contributed by atoms with Gasteiger partial charge in [-0.1, -0.05) is 0 Å². The van der Waals surface area contributed by atoms with E-state index in [1.807, 2.05) is 0 Å². The number of phenols is 1. The van der Waals surface area contributed by atoms with Crippen LogP contribution < -0.4 is 10.9 Å². The van der Waals surface area contributed by atoms with Gasteiger partial charge >= 0.3 is 11.6 Å². The van der Waals surface area contributed by atoms with Crippen LogP contribution in [0.3, 0.4) is 0 Å². The first-order valence-electron chi connectivity index (χ1n) is 5.44. The summed E-state index contributed by atoms with van der Waals surface area (Å²) in [6.45, 7) is 0. The SMILES string of the molecule is O=C(Nc1ccc(O)c(C(=O)O)c1)c1ccc(=O)oc1. The zero-order valence-electron chi connectivity index (χ0n) is 9.99. The minimum atomic E-state index is -1.32. The smallest absolute Gasteiger partial charge is 0.339 e. The first-order valence-corrected chi connectivity index (χ1v) is 5.44. The van der Waals surface area contributed by atoms with Gasteiger partial charge in [-0.05, 0) is 24.3 Å². The van der Waals surface area contributed by atoms with Crippen LogP contribution in [0.15, 0.2) is 45.8 Å². The fraction of sp³-hybridized carbons (Fsp3) is 0. The molecule has 7 nitrogen and oxygen atoms in total. The van der Waals surface area contributed by atoms with Crippen molar-refractivity contribution in [3.05, 3.63) is 58.1 Å². The Kier molecular flexibility index (Phi) is 3.52. The minimum absolute atomic E-state index is 0.106. The largest absolute Gasteiger partial charge is 0.507 e. The molecule has 0 unspecified atom stereocenters. The van der Waals surface area contributed by atoms with Crippen LogP contribution in [0.1, 0.15) is 20.7 Å². The van der Waals surface area contributed by atoms with Gasteiger partial charge in [-0.2, -0.15) is 0 Å². The van der Waals surface area contributed by atoms with Gasteiger partial charge < -0.3 is 19.9 Å². The van der Waals surface area contributed by atoms with Crippen molar-refractivity contribution in [2.24, 2.45) is 0 Å². The molecule has 1 aromatic heterocycles. The lowest BCUT2D eigenvalue weighted by atomic mass is 10.1. The number of rotatable bonds is 3. The van der Waals surface area contributed by atoms with Crippen molar-refractivity contribution in [2.75, 3.05) is 5.32 Å². The molecule has 0 aliphatic carbocycles. The fourth-order valence-electron chi connectivity index (χ4n) is 1.48. The summed E-state index contributed by atoms with van der Waals surface area (Å²) in [5, 5.41) is 20.6. The van der Waals surface area contributed by atoms with Gasteiger partial charge in [0.25, 0.3) is 5.91 Å². The molecule has 1 aromatic carbocycles. The Bertz CT molecular complexity index is 713. The highest BCUT2D eigenvalue weighted by Crippen LogP contribution is 2.21. The van der Waals surface area contributed by atoms with Gasteiger partial charge in [0.2, 0.25) is 0 Å². The standard InChI is InChI=1S/C13H9NO6/c15-10-3-2-8(5-9(10)13(18)19)14-12(17)7-1-4-11(16)20-6-7/h1-6,15H,(H,14,17)(H,18,19). The van der Waals surface area contributed by atoms with Crippen LogP contribution in [0.2, 0.25) is 0 Å². The second-order valence-corrected chi connectivity index (χ2v) is 3.83. The van der Waals surface area contributed by atoms with Gasteiger partial charge in [0.1, 0.15) is 17.6 Å². The summed E-state index contributed by atoms with van der Waals surface area (Å²) in [4.78, 5) is 33.4. The number of benzene rings is 1. The number of amides is 1. The molecule has 7 heteroatoms. The molecule has 1 heterocycles. The second-order valence-electron chi connectivity index (χ2n) is 3.83. The normalized spacial score (nSPS) is 10.0. The molecule has 0 saturated heterocycles. The van der Waals surface area contributed by atoms with Gasteiger partial charge in [0, 0.05) is 11.8 Å². The molecular formula is C13H9NO6. The fourth-order valence-corrected chi connectivity index (χ4v) is 1.48. The highest BCUT2D eigenvalue weighted by atomic mass is 16.4. The number of aromatic hydroxyl groups is 1. The molecule has 0 spiro atoms. The highest BCUT2D eigenvalue weighted by Gasteiger charge is 2.12. The van der Waals surface area contributed by atoms with E-state index in [2.05, 4.69) is 9.73 Å². The molecule has 102 valence electrons. The van der Waals surface area contributed by atoms with Crippen molar-refractivity contribution in [2.45, 2.75) is 0 Å². The second kappa shape index (κ2) is 5.27. The number of hydrogen-bond donors (Lipinski definition) is 3. The van der Waals surface area contributed by atoms with Crippen LogP contribution in [0.5, 0.6) is 5.75 Å². The Balaban J connectivity index is 2.24. The van der Waals surface area contributed by atoms with E-state index in [1.54, 1.807) is 0 Å². The van der Waals surface area contributed by atoms with E-state index < -0.39 is 23.3 Å². The maximum absolute atomic E-state index is 11.8. The number of carboxylic acids is 1. The predicted octanol–water partition coefficient (Wildman–Crippen LogP) is 1.30. The zero-order valence-corrected chi connectivity index (χ0v) is 9.99. The van der Waals surface area contributed by atoms with Crippen LogP contribution in [0.4, 0.5) is 5.69 Å². The lowest BCUT2D eigenvalue weighted by Gasteiger charge is -2.06. The van der Waals surface area contributed by atoms with Crippen LogP contribution in [0, 0.1) is 0 Å². The van der Waals surface area contributed by atoms with Crippen LogP contribution in [-0.4, -0.2) is 22.1 Å². The van der Waals surface area contributed by atoms with E-state index in [9.17, 15) is 19.5 Å². The molecule has 0 aliphatic rings. The number of hydrogen-bond acceptors (Lipinski definition) is 5. The molecule has 2 aromatic rings. The molecular weight excluding hydrogens is 266 g/mol. The molecule has 0 atom stereocenters. The Morgan fingerprint density at radius 3 is 2.50 bits per heavy atom. The monoisotopic (exact) mass is 275 g/mol. The molecule has 0 fully saturated rings. The van der Waals surface area contributed by atoms with Gasteiger partial charge in [0.15, 0.2) is 0 Å². The van der Waals surface area contributed by atoms with E-state index in [1.165, 1.54) is 12.1 Å². The lowest BCUT2D eigenvalue weighted by Crippen LogP contribution is -2.13. The van der Waals surface area contributed by atoms with Gasteiger partial charge in [-0.25, -0.2) is 9.59 Å². The topological polar surface area (TPSA) is 117 Å². The highest BCUT2D eigenvalue weighted by molar-refractivity contribution is 6.04. The summed E-state index contributed by atoms with van der Waals surface area (Å²) in [5.41, 5.74) is -0.618. The van der Waals surface area contributed by atoms with Crippen LogP contribution in [-0.2, 0) is 0 Å². The summed E-state index contributed by atoms with van der Waals surface area (Å²) in [6, 6.07) is 5.99. The lowest BCUT2D eigenvalue weighted by molar-refractivity contribution is 0.0693. The average Bonchev–Trinajstić information content (AvgIpc) is 2.41. The number of carbonyl (C=O) groups excluding carboxylic acids is 1. The number of aromatic carboxylic acids is 1. The van der Waals surface area contributed by atoms with Crippen molar-refractivity contribution in [3.8, 4) is 5.75 Å². The summed E-state index contributed by atoms with van der Waals surface area (Å²) in [7, 11) is 0. The maximum atomic E-state index is 11.8. The number of nitrogens with one attached hydrogen (secondary N) is 1. The molecule has 0 radical (unpaired) electrons. The molecule has 0 saturated carbocycles. The van der Waals surface area contributed by atoms with Crippen molar-refractivity contribution < 1.29 is 24.2 Å². The van der Waals surface area contributed by atoms with E-state index in [-0.39, 0.29) is 16.8 Å². The molecule has 0 aliphatic heterocycles. The Morgan fingerprint density at radius 2 is 1.90 bits per heavy atom. The van der Waals surface area contributed by atoms with E-state index >= 15 is 0 Å². The van der Waals surface area contributed by atoms with Gasteiger partial charge in [-0.15, -0.1) is 0 Å². The molecule has 0 bridgehead atoms. The van der Waals surface area contributed by atoms with E-state index in [0.29, 0.717) is 0 Å². The summed E-state index contributed by atoms with van der Waals surface area (Å²) < 4.78 is 4.55. The summed E-state index contributed by atoms with van der Waals surface area (Å²) in [6.07, 6.45) is 0.996. The molecule has 3 N–H and O–H groups in total. The van der Waals surface area contributed by atoms with Crippen LogP contribution in [0.25, 0.3) is 0 Å². The Labute approximate surface area is 112 Å². The maximum Gasteiger partial charge on any atom is 0.339 e. The zero-order chi connectivity index (χ0) is 14.7. The quantitative estimate of drug-likeness (QED) is 0.727. The molecule has 20 heavy (non-hydrogen) atoms. The third kappa shape index (κ3) is 2.83. The van der Waals surface area contributed by atoms with Crippen molar-refractivity contribution in [1.29, 1.82) is 0 Å². The summed E-state index contributed by atoms with van der Waals surface area (Å²) in [5.74, 6) is -2.29. The number of carbonyl (C=O) groups is 2. The predicted molar refractivity (Wildman–Crippen MR) is 68.0 cm³/mol. The third-order valence-corrected chi connectivity index (χ3v) is 2.45. The molecule has 2 rings (SSSR count).